The zero-order valence-corrected chi connectivity index (χ0v) is 6.85. The summed E-state index contributed by atoms with van der Waals surface area (Å²) in [6.07, 6.45) is 0. The van der Waals surface area contributed by atoms with Gasteiger partial charge in [0.1, 0.15) is 0 Å². The van der Waals surface area contributed by atoms with Crippen LogP contribution in [0.4, 0.5) is 0 Å². The van der Waals surface area contributed by atoms with E-state index in [1.165, 1.54) is 0 Å². The monoisotopic (exact) mass is 226 g/mol. The van der Waals surface area contributed by atoms with Crippen LogP contribution in [0.2, 0.25) is 0 Å². The van der Waals surface area contributed by atoms with Gasteiger partial charge in [-0.2, -0.15) is 0 Å². The summed E-state index contributed by atoms with van der Waals surface area (Å²) in [5.74, 6) is 0. The Balaban J connectivity index is -0.0000000800. The fourth-order valence-electron chi connectivity index (χ4n) is 0. The van der Waals surface area contributed by atoms with Crippen LogP contribution in [0, 0.1) is 0 Å². The van der Waals surface area contributed by atoms with Gasteiger partial charge >= 0.3 is 23.1 Å². The fraction of sp³-hybridized carbons (Fsp3) is 0. The Morgan fingerprint density at radius 3 is 1.14 bits per heavy atom. The molecule has 0 aliphatic heterocycles. The molecule has 0 heterocycles. The normalized spacial score (nSPS) is 8.29. The van der Waals surface area contributed by atoms with Gasteiger partial charge in [0, 0.05) is 30.8 Å². The second-order valence-corrected chi connectivity index (χ2v) is 1.22. The third kappa shape index (κ3) is 122. The molecule has 0 aromatic carbocycles. The van der Waals surface area contributed by atoms with Gasteiger partial charge in [-0.25, -0.2) is 0 Å². The smallest absolute Gasteiger partial charge is 0.759 e. The molecule has 0 aliphatic carbocycles. The van der Waals surface area contributed by atoms with Crippen LogP contribution in [-0.4, -0.2) is 40.6 Å². The van der Waals surface area contributed by atoms with Crippen molar-refractivity contribution >= 4 is 33.5 Å². The molecule has 0 aromatic heterocycles. The molecular formula is MgO4PdS. The van der Waals surface area contributed by atoms with Crippen molar-refractivity contribution in [3.63, 3.8) is 0 Å². The van der Waals surface area contributed by atoms with Gasteiger partial charge in [0.25, 0.3) is 0 Å². The molecule has 0 amide bonds. The number of rotatable bonds is 0. The molecule has 0 N–H and O–H groups in total. The van der Waals surface area contributed by atoms with Crippen molar-refractivity contribution in [2.45, 2.75) is 0 Å². The van der Waals surface area contributed by atoms with Crippen LogP contribution in [0.15, 0.2) is 0 Å². The molecular weight excluding hydrogens is 227 g/mol. The van der Waals surface area contributed by atoms with Gasteiger partial charge in [0.05, 0.1) is 0 Å². The number of hydrogen-bond acceptors (Lipinski definition) is 4. The predicted octanol–water partition coefficient (Wildman–Crippen LogP) is -1.72. The second kappa shape index (κ2) is 5.44. The molecule has 0 fully saturated rings. The van der Waals surface area contributed by atoms with Crippen molar-refractivity contribution in [1.82, 2.24) is 0 Å². The number of hydrogen-bond donors (Lipinski definition) is 0. The second-order valence-electron chi connectivity index (χ2n) is 0.408. The van der Waals surface area contributed by atoms with E-state index in [0.717, 1.165) is 0 Å². The molecule has 7 heteroatoms. The largest absolute Gasteiger partial charge is 2.00 e. The van der Waals surface area contributed by atoms with Gasteiger partial charge < -0.3 is 9.11 Å². The first-order valence-corrected chi connectivity index (χ1v) is 2.00. The first kappa shape index (κ1) is 15.7. The van der Waals surface area contributed by atoms with Crippen molar-refractivity contribution in [2.24, 2.45) is 0 Å². The average Bonchev–Trinajstić information content (AvgIpc) is 0.722. The van der Waals surface area contributed by atoms with E-state index < -0.39 is 10.4 Å². The Labute approximate surface area is 71.1 Å². The Hall–Kier alpha value is 1.30. The summed E-state index contributed by atoms with van der Waals surface area (Å²) in [5.41, 5.74) is 0. The summed E-state index contributed by atoms with van der Waals surface area (Å²) >= 11 is 0. The topological polar surface area (TPSA) is 80.3 Å². The Bertz CT molecular complexity index is 94.9. The van der Waals surface area contributed by atoms with E-state index >= 15 is 0 Å². The van der Waals surface area contributed by atoms with Crippen LogP contribution >= 0.6 is 0 Å². The van der Waals surface area contributed by atoms with Crippen LogP contribution < -0.4 is 0 Å². The maximum Gasteiger partial charge on any atom is 2.00 e. The first-order valence-electron chi connectivity index (χ1n) is 0.667. The summed E-state index contributed by atoms with van der Waals surface area (Å²) < 4.78 is 34.1. The third-order valence-corrected chi connectivity index (χ3v) is 0. The van der Waals surface area contributed by atoms with Crippen LogP contribution in [0.1, 0.15) is 0 Å². The third-order valence-electron chi connectivity index (χ3n) is 0. The minimum atomic E-state index is -5.17. The molecule has 0 bridgehead atoms. The van der Waals surface area contributed by atoms with Crippen LogP contribution in [0.5, 0.6) is 0 Å². The Kier molecular flexibility index (Phi) is 12.2. The van der Waals surface area contributed by atoms with Crippen molar-refractivity contribution in [3.8, 4) is 0 Å². The molecule has 0 saturated heterocycles. The SMILES string of the molecule is O=S(=O)([O-])[O-].[Mg+2].[Pd]. The maximum absolute atomic E-state index is 8.52. The molecule has 0 aromatic rings. The van der Waals surface area contributed by atoms with Crippen molar-refractivity contribution in [2.75, 3.05) is 0 Å². The minimum absolute atomic E-state index is 0. The van der Waals surface area contributed by atoms with E-state index in [2.05, 4.69) is 0 Å². The summed E-state index contributed by atoms with van der Waals surface area (Å²) in [7, 11) is -5.17. The van der Waals surface area contributed by atoms with Crippen LogP contribution in [0.3, 0.4) is 0 Å². The Morgan fingerprint density at radius 2 is 1.14 bits per heavy atom. The summed E-state index contributed by atoms with van der Waals surface area (Å²) in [6.45, 7) is 0. The summed E-state index contributed by atoms with van der Waals surface area (Å²) in [6, 6.07) is 0. The fourth-order valence-corrected chi connectivity index (χ4v) is 0. The van der Waals surface area contributed by atoms with Gasteiger partial charge in [-0.05, 0) is 0 Å². The van der Waals surface area contributed by atoms with E-state index in [9.17, 15) is 0 Å². The zero-order valence-electron chi connectivity index (χ0n) is 3.06. The molecule has 0 saturated carbocycles. The Morgan fingerprint density at radius 1 is 1.14 bits per heavy atom. The van der Waals surface area contributed by atoms with Crippen molar-refractivity contribution in [3.05, 3.63) is 0 Å². The van der Waals surface area contributed by atoms with Crippen LogP contribution in [-0.2, 0) is 30.8 Å². The minimum Gasteiger partial charge on any atom is -0.759 e. The quantitative estimate of drug-likeness (QED) is 0.280. The molecule has 0 rings (SSSR count). The van der Waals surface area contributed by atoms with E-state index in [1.807, 2.05) is 0 Å². The molecule has 0 unspecified atom stereocenters. The van der Waals surface area contributed by atoms with Gasteiger partial charge in [0.2, 0.25) is 0 Å². The van der Waals surface area contributed by atoms with Gasteiger partial charge in [-0.3, -0.25) is 8.42 Å². The van der Waals surface area contributed by atoms with E-state index in [-0.39, 0.29) is 43.5 Å². The average molecular weight is 227 g/mol. The van der Waals surface area contributed by atoms with Gasteiger partial charge in [-0.1, -0.05) is 0 Å². The molecule has 4 nitrogen and oxygen atoms in total. The van der Waals surface area contributed by atoms with Crippen LogP contribution in [0.25, 0.3) is 0 Å². The van der Waals surface area contributed by atoms with Gasteiger partial charge in [0.15, 0.2) is 0 Å². The molecule has 0 radical (unpaired) electrons. The first-order chi connectivity index (χ1) is 2.00. The molecule has 0 aliphatic rings. The van der Waals surface area contributed by atoms with Crippen molar-refractivity contribution in [1.29, 1.82) is 0 Å². The zero-order chi connectivity index (χ0) is 4.50. The van der Waals surface area contributed by atoms with E-state index in [4.69, 9.17) is 17.5 Å². The molecule has 42 valence electrons. The summed E-state index contributed by atoms with van der Waals surface area (Å²) in [4.78, 5) is 0. The standard InChI is InChI=1S/Mg.H2O4S.Pd/c;1-5(2,3)4;/h;(H2,1,2,3,4);/q+2;;/p-2. The maximum atomic E-state index is 8.52. The predicted molar refractivity (Wildman–Crippen MR) is 16.2 cm³/mol. The van der Waals surface area contributed by atoms with Crippen molar-refractivity contribution < 1.29 is 37.9 Å². The molecule has 7 heavy (non-hydrogen) atoms. The molecule has 0 spiro atoms. The molecule has 0 atom stereocenters. The van der Waals surface area contributed by atoms with E-state index in [1.54, 1.807) is 0 Å². The van der Waals surface area contributed by atoms with E-state index in [0.29, 0.717) is 0 Å². The summed E-state index contributed by atoms with van der Waals surface area (Å²) in [5, 5.41) is 0. The van der Waals surface area contributed by atoms with Gasteiger partial charge in [-0.15, -0.1) is 0 Å².